The third-order valence-corrected chi connectivity index (χ3v) is 4.13. The number of piperidine rings is 1. The molecule has 1 fully saturated rings. The van der Waals surface area contributed by atoms with Gasteiger partial charge in [-0.2, -0.15) is 0 Å². The molecule has 1 aromatic rings. The van der Waals surface area contributed by atoms with Gasteiger partial charge >= 0.3 is 0 Å². The number of benzene rings is 1. The zero-order valence-electron chi connectivity index (χ0n) is 13.7. The van der Waals surface area contributed by atoms with Gasteiger partial charge in [0.2, 0.25) is 5.91 Å². The molecule has 0 saturated carbocycles. The lowest BCUT2D eigenvalue weighted by Crippen LogP contribution is -2.47. The minimum atomic E-state index is -0.471. The molecule has 0 spiro atoms. The van der Waals surface area contributed by atoms with Crippen LogP contribution in [-0.2, 0) is 9.59 Å². The van der Waals surface area contributed by atoms with Gasteiger partial charge in [0.05, 0.1) is 10.9 Å². The fourth-order valence-electron chi connectivity index (χ4n) is 2.58. The van der Waals surface area contributed by atoms with E-state index in [4.69, 9.17) is 22.1 Å². The second-order valence-electron chi connectivity index (χ2n) is 5.62. The molecule has 25 heavy (non-hydrogen) atoms. The highest BCUT2D eigenvalue weighted by Crippen LogP contribution is 2.25. The number of likely N-dealkylation sites (tertiary alicyclic amines) is 1. The second kappa shape index (κ2) is 10.4. The number of rotatable bonds is 6. The normalized spacial score (nSPS) is 16.8. The summed E-state index contributed by atoms with van der Waals surface area (Å²) < 4.78 is 18.3. The van der Waals surface area contributed by atoms with Gasteiger partial charge in [0, 0.05) is 26.2 Å². The van der Waals surface area contributed by atoms with E-state index in [-0.39, 0.29) is 47.5 Å². The molecule has 1 aromatic carbocycles. The quantitative estimate of drug-likeness (QED) is 0.768. The van der Waals surface area contributed by atoms with Gasteiger partial charge < -0.3 is 20.7 Å². The van der Waals surface area contributed by atoms with Crippen molar-refractivity contribution in [2.75, 3.05) is 32.8 Å². The predicted molar refractivity (Wildman–Crippen MR) is 95.5 cm³/mol. The number of amides is 2. The summed E-state index contributed by atoms with van der Waals surface area (Å²) >= 11 is 5.86. The Kier molecular flexibility index (Phi) is 8.96. The van der Waals surface area contributed by atoms with E-state index in [0.717, 1.165) is 18.9 Å². The molecule has 1 aliphatic heterocycles. The van der Waals surface area contributed by atoms with Crippen molar-refractivity contribution in [3.8, 4) is 5.75 Å². The Morgan fingerprint density at radius 3 is 2.88 bits per heavy atom. The molecule has 3 N–H and O–H groups in total. The van der Waals surface area contributed by atoms with Crippen LogP contribution in [0.2, 0.25) is 5.02 Å². The maximum atomic E-state index is 13.0. The molecule has 0 aromatic heterocycles. The number of nitrogens with zero attached hydrogens (tertiary/aromatic N) is 1. The first kappa shape index (κ1) is 21.5. The van der Waals surface area contributed by atoms with Crippen molar-refractivity contribution < 1.29 is 18.7 Å². The summed E-state index contributed by atoms with van der Waals surface area (Å²) in [6.07, 6.45) is 1.49. The average molecular weight is 394 g/mol. The first-order valence-corrected chi connectivity index (χ1v) is 8.22. The molecule has 0 aliphatic carbocycles. The van der Waals surface area contributed by atoms with Crippen molar-refractivity contribution in [1.82, 2.24) is 10.2 Å². The number of carbonyl (C=O) groups is 2. The predicted octanol–water partition coefficient (Wildman–Crippen LogP) is 1.59. The van der Waals surface area contributed by atoms with Crippen LogP contribution in [0.4, 0.5) is 4.39 Å². The highest BCUT2D eigenvalue weighted by atomic mass is 35.5. The van der Waals surface area contributed by atoms with Crippen molar-refractivity contribution in [3.63, 3.8) is 0 Å². The van der Waals surface area contributed by atoms with Crippen LogP contribution in [0.1, 0.15) is 12.8 Å². The SMILES string of the molecule is Cl.NCCNC(=O)C1CCCN(C(=O)COc2ccc(F)cc2Cl)C1. The van der Waals surface area contributed by atoms with Crippen molar-refractivity contribution in [2.45, 2.75) is 12.8 Å². The van der Waals surface area contributed by atoms with Gasteiger partial charge in [0.25, 0.3) is 5.91 Å². The van der Waals surface area contributed by atoms with Gasteiger partial charge in [-0.25, -0.2) is 4.39 Å². The third-order valence-electron chi connectivity index (χ3n) is 3.83. The van der Waals surface area contributed by atoms with Gasteiger partial charge in [-0.1, -0.05) is 11.6 Å². The summed E-state index contributed by atoms with van der Waals surface area (Å²) in [7, 11) is 0. The van der Waals surface area contributed by atoms with Crippen LogP contribution in [-0.4, -0.2) is 49.5 Å². The lowest BCUT2D eigenvalue weighted by Gasteiger charge is -2.32. The van der Waals surface area contributed by atoms with Crippen LogP contribution in [0.25, 0.3) is 0 Å². The van der Waals surface area contributed by atoms with Crippen LogP contribution >= 0.6 is 24.0 Å². The Hall–Kier alpha value is -1.57. The standard InChI is InChI=1S/C16H21ClFN3O3.ClH/c17-13-8-12(18)3-4-14(13)24-10-15(22)21-7-1-2-11(9-21)16(23)20-6-5-19;/h3-4,8,11H,1-2,5-7,9-10,19H2,(H,20,23);1H. The zero-order chi connectivity index (χ0) is 17.5. The lowest BCUT2D eigenvalue weighted by molar-refractivity contribution is -0.137. The molecule has 140 valence electrons. The Bertz CT molecular complexity index is 604. The van der Waals surface area contributed by atoms with Gasteiger partial charge in [-0.05, 0) is 31.0 Å². The smallest absolute Gasteiger partial charge is 0.260 e. The number of hydrogen-bond acceptors (Lipinski definition) is 4. The van der Waals surface area contributed by atoms with Gasteiger partial charge in [0.15, 0.2) is 6.61 Å². The highest BCUT2D eigenvalue weighted by Gasteiger charge is 2.28. The molecule has 2 amide bonds. The topological polar surface area (TPSA) is 84.7 Å². The summed E-state index contributed by atoms with van der Waals surface area (Å²) in [6, 6.07) is 3.72. The van der Waals surface area contributed by atoms with E-state index < -0.39 is 5.82 Å². The number of hydrogen-bond donors (Lipinski definition) is 2. The molecule has 1 saturated heterocycles. The van der Waals surface area contributed by atoms with Crippen molar-refractivity contribution in [3.05, 3.63) is 29.0 Å². The number of halogens is 3. The fraction of sp³-hybridized carbons (Fsp3) is 0.500. The summed E-state index contributed by atoms with van der Waals surface area (Å²) in [5, 5.41) is 2.86. The van der Waals surface area contributed by atoms with E-state index in [1.165, 1.54) is 12.1 Å². The van der Waals surface area contributed by atoms with Gasteiger partial charge in [0.1, 0.15) is 11.6 Å². The summed E-state index contributed by atoms with van der Waals surface area (Å²) in [6.45, 7) is 1.54. The molecule has 1 heterocycles. The van der Waals surface area contributed by atoms with Crippen molar-refractivity contribution >= 4 is 35.8 Å². The third kappa shape index (κ3) is 6.34. The molecular weight excluding hydrogens is 372 g/mol. The minimum Gasteiger partial charge on any atom is -0.482 e. The number of carbonyl (C=O) groups excluding carboxylic acids is 2. The second-order valence-corrected chi connectivity index (χ2v) is 6.03. The van der Waals surface area contributed by atoms with Gasteiger partial charge in [-0.15, -0.1) is 12.4 Å². The van der Waals surface area contributed by atoms with Crippen molar-refractivity contribution in [1.29, 1.82) is 0 Å². The highest BCUT2D eigenvalue weighted by molar-refractivity contribution is 6.32. The number of ether oxygens (including phenoxy) is 1. The van der Waals surface area contributed by atoms with Crippen LogP contribution in [0, 0.1) is 11.7 Å². The van der Waals surface area contributed by atoms with E-state index in [1.807, 2.05) is 0 Å². The molecule has 0 radical (unpaired) electrons. The van der Waals surface area contributed by atoms with Crippen LogP contribution < -0.4 is 15.8 Å². The summed E-state index contributed by atoms with van der Waals surface area (Å²) in [5.74, 6) is -0.766. The van der Waals surface area contributed by atoms with E-state index >= 15 is 0 Å². The average Bonchev–Trinajstić information content (AvgIpc) is 2.58. The van der Waals surface area contributed by atoms with E-state index in [9.17, 15) is 14.0 Å². The summed E-state index contributed by atoms with van der Waals surface area (Å²) in [4.78, 5) is 25.9. The van der Waals surface area contributed by atoms with Crippen LogP contribution in [0.3, 0.4) is 0 Å². The van der Waals surface area contributed by atoms with Gasteiger partial charge in [-0.3, -0.25) is 9.59 Å². The van der Waals surface area contributed by atoms with E-state index in [0.29, 0.717) is 26.2 Å². The monoisotopic (exact) mass is 393 g/mol. The van der Waals surface area contributed by atoms with Crippen LogP contribution in [0.15, 0.2) is 18.2 Å². The largest absolute Gasteiger partial charge is 0.482 e. The van der Waals surface area contributed by atoms with Crippen molar-refractivity contribution in [2.24, 2.45) is 11.7 Å². The molecule has 1 atom stereocenters. The number of nitrogens with two attached hydrogens (primary N) is 1. The first-order valence-electron chi connectivity index (χ1n) is 7.84. The Balaban J connectivity index is 0.00000312. The Morgan fingerprint density at radius 2 is 2.20 bits per heavy atom. The Morgan fingerprint density at radius 1 is 1.44 bits per heavy atom. The zero-order valence-corrected chi connectivity index (χ0v) is 15.2. The fourth-order valence-corrected chi connectivity index (χ4v) is 2.80. The Labute approximate surface area is 157 Å². The minimum absolute atomic E-state index is 0. The maximum Gasteiger partial charge on any atom is 0.260 e. The molecule has 1 unspecified atom stereocenters. The lowest BCUT2D eigenvalue weighted by atomic mass is 9.97. The molecule has 9 heteroatoms. The van der Waals surface area contributed by atoms with E-state index in [1.54, 1.807) is 4.90 Å². The molecule has 2 rings (SSSR count). The maximum absolute atomic E-state index is 13.0. The first-order chi connectivity index (χ1) is 11.5. The molecule has 1 aliphatic rings. The molecular formula is C16H22Cl2FN3O3. The number of nitrogens with one attached hydrogen (secondary N) is 1. The summed E-state index contributed by atoms with van der Waals surface area (Å²) in [5.41, 5.74) is 5.37. The molecule has 6 nitrogen and oxygen atoms in total. The molecule has 0 bridgehead atoms. The van der Waals surface area contributed by atoms with Crippen LogP contribution in [0.5, 0.6) is 5.75 Å². The van der Waals surface area contributed by atoms with E-state index in [2.05, 4.69) is 5.32 Å².